The van der Waals surface area contributed by atoms with E-state index in [0.717, 1.165) is 19.6 Å². The third-order valence-corrected chi connectivity index (χ3v) is 4.90. The lowest BCUT2D eigenvalue weighted by atomic mass is 10.1. The highest BCUT2D eigenvalue weighted by Gasteiger charge is 2.21. The number of hydrogen-bond donors (Lipinski definition) is 1. The molecule has 1 aliphatic rings. The molecule has 0 bridgehead atoms. The normalized spacial score (nSPS) is 18.0. The summed E-state index contributed by atoms with van der Waals surface area (Å²) in [5, 5.41) is 3.24. The monoisotopic (exact) mass is 289 g/mol. The fourth-order valence-corrected chi connectivity index (χ4v) is 3.24. The van der Waals surface area contributed by atoms with Gasteiger partial charge in [-0.1, -0.05) is 12.1 Å². The Balaban J connectivity index is 1.87. The molecule has 1 fully saturated rings. The summed E-state index contributed by atoms with van der Waals surface area (Å²) in [5.41, 5.74) is 4.26. The topological polar surface area (TPSA) is 18.5 Å². The summed E-state index contributed by atoms with van der Waals surface area (Å²) in [4.78, 5) is 5.20. The average Bonchev–Trinajstić information content (AvgIpc) is 2.50. The molecule has 0 aliphatic carbocycles. The van der Waals surface area contributed by atoms with E-state index in [1.807, 2.05) is 7.05 Å². The summed E-state index contributed by atoms with van der Waals surface area (Å²) in [7, 11) is 2.04. The minimum absolute atomic E-state index is 0.708. The maximum Gasteiger partial charge on any atom is 0.0399 e. The van der Waals surface area contributed by atoms with E-state index in [9.17, 15) is 0 Å². The van der Waals surface area contributed by atoms with E-state index in [1.54, 1.807) is 0 Å². The molecule has 0 aromatic heterocycles. The van der Waals surface area contributed by atoms with Crippen molar-refractivity contribution in [2.24, 2.45) is 0 Å². The maximum atomic E-state index is 3.24. The number of piperazine rings is 1. The molecule has 1 unspecified atom stereocenters. The molecule has 1 saturated heterocycles. The van der Waals surface area contributed by atoms with Gasteiger partial charge in [0, 0.05) is 37.9 Å². The Morgan fingerprint density at radius 3 is 2.52 bits per heavy atom. The van der Waals surface area contributed by atoms with Crippen LogP contribution in [0.5, 0.6) is 0 Å². The Kier molecular flexibility index (Phi) is 6.07. The molecule has 1 heterocycles. The zero-order valence-electron chi connectivity index (χ0n) is 14.2. The van der Waals surface area contributed by atoms with Gasteiger partial charge in [-0.25, -0.2) is 0 Å². The molecular formula is C18H31N3. The second kappa shape index (κ2) is 7.81. The second-order valence-electron chi connectivity index (χ2n) is 6.34. The van der Waals surface area contributed by atoms with Crippen molar-refractivity contribution in [1.29, 1.82) is 0 Å². The van der Waals surface area contributed by atoms with Gasteiger partial charge in [-0.05, 0) is 64.4 Å². The van der Waals surface area contributed by atoms with Gasteiger partial charge < -0.3 is 10.2 Å². The van der Waals surface area contributed by atoms with Gasteiger partial charge in [-0.15, -0.1) is 0 Å². The van der Waals surface area contributed by atoms with Gasteiger partial charge in [-0.3, -0.25) is 4.90 Å². The number of nitrogens with zero attached hydrogens (tertiary/aromatic N) is 2. The first-order valence-electron chi connectivity index (χ1n) is 8.33. The third kappa shape index (κ3) is 4.21. The van der Waals surface area contributed by atoms with Crippen molar-refractivity contribution in [2.45, 2.75) is 39.7 Å². The Labute approximate surface area is 130 Å². The first-order valence-corrected chi connectivity index (χ1v) is 8.33. The van der Waals surface area contributed by atoms with Crippen molar-refractivity contribution >= 4 is 5.69 Å². The highest BCUT2D eigenvalue weighted by atomic mass is 15.3. The average molecular weight is 289 g/mol. The SMILES string of the molecule is CNCCCC(C)N1CCN(c2cccc(C)c2C)CC1. The minimum atomic E-state index is 0.708. The van der Waals surface area contributed by atoms with Crippen LogP contribution < -0.4 is 10.2 Å². The number of rotatable bonds is 6. The quantitative estimate of drug-likeness (QED) is 0.813. The molecule has 1 aromatic carbocycles. The van der Waals surface area contributed by atoms with Gasteiger partial charge >= 0.3 is 0 Å². The Morgan fingerprint density at radius 1 is 1.14 bits per heavy atom. The first-order chi connectivity index (χ1) is 10.1. The van der Waals surface area contributed by atoms with Crippen LogP contribution in [0.4, 0.5) is 5.69 Å². The molecule has 0 spiro atoms. The van der Waals surface area contributed by atoms with E-state index in [2.05, 4.69) is 54.1 Å². The van der Waals surface area contributed by atoms with Crippen LogP contribution in [0.2, 0.25) is 0 Å². The van der Waals surface area contributed by atoms with Crippen molar-refractivity contribution in [3.8, 4) is 0 Å². The fraction of sp³-hybridized carbons (Fsp3) is 0.667. The molecule has 1 atom stereocenters. The Hall–Kier alpha value is -1.06. The summed E-state index contributed by atoms with van der Waals surface area (Å²) in [6.07, 6.45) is 2.57. The summed E-state index contributed by atoms with van der Waals surface area (Å²) in [6.45, 7) is 12.6. The number of nitrogens with one attached hydrogen (secondary N) is 1. The molecule has 21 heavy (non-hydrogen) atoms. The van der Waals surface area contributed by atoms with Crippen LogP contribution in [-0.2, 0) is 0 Å². The van der Waals surface area contributed by atoms with Gasteiger partial charge in [0.1, 0.15) is 0 Å². The molecule has 3 heteroatoms. The molecule has 0 amide bonds. The smallest absolute Gasteiger partial charge is 0.0399 e. The van der Waals surface area contributed by atoms with Crippen LogP contribution in [0.15, 0.2) is 18.2 Å². The van der Waals surface area contributed by atoms with Crippen LogP contribution >= 0.6 is 0 Å². The van der Waals surface area contributed by atoms with Gasteiger partial charge in [0.05, 0.1) is 0 Å². The Bertz CT molecular complexity index is 436. The highest BCUT2D eigenvalue weighted by Crippen LogP contribution is 2.24. The van der Waals surface area contributed by atoms with Crippen LogP contribution in [0, 0.1) is 13.8 Å². The maximum absolute atomic E-state index is 3.24. The lowest BCUT2D eigenvalue weighted by Gasteiger charge is -2.40. The lowest BCUT2D eigenvalue weighted by molar-refractivity contribution is 0.186. The standard InChI is InChI=1S/C18H31N3/c1-15-7-5-9-18(17(15)3)21-13-11-20(12-14-21)16(2)8-6-10-19-4/h5,7,9,16,19H,6,8,10-14H2,1-4H3. The van der Waals surface area contributed by atoms with Crippen molar-refractivity contribution < 1.29 is 0 Å². The molecule has 3 nitrogen and oxygen atoms in total. The van der Waals surface area contributed by atoms with Gasteiger partial charge in [0.15, 0.2) is 0 Å². The first kappa shape index (κ1) is 16.3. The van der Waals surface area contributed by atoms with Crippen LogP contribution in [-0.4, -0.2) is 50.7 Å². The zero-order chi connectivity index (χ0) is 15.2. The van der Waals surface area contributed by atoms with E-state index >= 15 is 0 Å². The summed E-state index contributed by atoms with van der Waals surface area (Å²) in [5.74, 6) is 0. The number of benzene rings is 1. The van der Waals surface area contributed by atoms with Crippen molar-refractivity contribution in [1.82, 2.24) is 10.2 Å². The Morgan fingerprint density at radius 2 is 1.86 bits per heavy atom. The van der Waals surface area contributed by atoms with E-state index in [-0.39, 0.29) is 0 Å². The largest absolute Gasteiger partial charge is 0.369 e. The zero-order valence-corrected chi connectivity index (χ0v) is 14.2. The molecule has 118 valence electrons. The molecular weight excluding hydrogens is 258 g/mol. The van der Waals surface area contributed by atoms with Gasteiger partial charge in [0.25, 0.3) is 0 Å². The number of hydrogen-bond acceptors (Lipinski definition) is 3. The van der Waals surface area contributed by atoms with Gasteiger partial charge in [-0.2, -0.15) is 0 Å². The summed E-state index contributed by atoms with van der Waals surface area (Å²) in [6, 6.07) is 7.37. The van der Waals surface area contributed by atoms with E-state index in [0.29, 0.717) is 6.04 Å². The van der Waals surface area contributed by atoms with E-state index in [4.69, 9.17) is 0 Å². The molecule has 0 radical (unpaired) electrons. The van der Waals surface area contributed by atoms with Crippen molar-refractivity contribution in [3.05, 3.63) is 29.3 Å². The lowest BCUT2D eigenvalue weighted by Crippen LogP contribution is -2.49. The third-order valence-electron chi connectivity index (χ3n) is 4.90. The van der Waals surface area contributed by atoms with Crippen molar-refractivity contribution in [3.63, 3.8) is 0 Å². The van der Waals surface area contributed by atoms with Crippen molar-refractivity contribution in [2.75, 3.05) is 44.7 Å². The van der Waals surface area contributed by atoms with Gasteiger partial charge in [0.2, 0.25) is 0 Å². The second-order valence-corrected chi connectivity index (χ2v) is 6.34. The molecule has 2 rings (SSSR count). The summed E-state index contributed by atoms with van der Waals surface area (Å²) >= 11 is 0. The van der Waals surface area contributed by atoms with E-state index < -0.39 is 0 Å². The predicted octanol–water partition coefficient (Wildman–Crippen LogP) is 2.81. The molecule has 0 saturated carbocycles. The van der Waals surface area contributed by atoms with Crippen LogP contribution in [0.1, 0.15) is 30.9 Å². The fourth-order valence-electron chi connectivity index (χ4n) is 3.24. The predicted molar refractivity (Wildman–Crippen MR) is 92.3 cm³/mol. The number of anilines is 1. The molecule has 1 aliphatic heterocycles. The number of aryl methyl sites for hydroxylation is 1. The molecule has 1 N–H and O–H groups in total. The highest BCUT2D eigenvalue weighted by molar-refractivity contribution is 5.56. The van der Waals surface area contributed by atoms with Crippen LogP contribution in [0.25, 0.3) is 0 Å². The summed E-state index contributed by atoms with van der Waals surface area (Å²) < 4.78 is 0. The van der Waals surface area contributed by atoms with Crippen LogP contribution in [0.3, 0.4) is 0 Å². The molecule has 1 aromatic rings. The van der Waals surface area contributed by atoms with E-state index in [1.165, 1.54) is 42.7 Å². The minimum Gasteiger partial charge on any atom is -0.369 e.